The van der Waals surface area contributed by atoms with Crippen LogP contribution in [0.4, 0.5) is 18.9 Å². The number of anilines is 1. The van der Waals surface area contributed by atoms with Crippen molar-refractivity contribution in [1.29, 1.82) is 0 Å². The van der Waals surface area contributed by atoms with Crippen LogP contribution in [-0.2, 0) is 0 Å². The van der Waals surface area contributed by atoms with Crippen molar-refractivity contribution in [2.75, 3.05) is 5.73 Å². The lowest BCUT2D eigenvalue weighted by atomic mass is 10.0. The Bertz CT molecular complexity index is 597. The Morgan fingerprint density at radius 2 is 1.74 bits per heavy atom. The normalized spacial score (nSPS) is 11.3. The van der Waals surface area contributed by atoms with Gasteiger partial charge >= 0.3 is 6.36 Å². The van der Waals surface area contributed by atoms with E-state index in [4.69, 9.17) is 5.73 Å². The van der Waals surface area contributed by atoms with Crippen LogP contribution in [0, 0.1) is 0 Å². The highest BCUT2D eigenvalue weighted by Gasteiger charge is 2.31. The molecule has 0 radical (unpaired) electrons. The Balaban J connectivity index is 2.41. The fraction of sp³-hybridized carbons (Fsp3) is 0.0769. The second kappa shape index (κ2) is 4.72. The number of alkyl halides is 3. The van der Waals surface area contributed by atoms with Crippen molar-refractivity contribution in [2.45, 2.75) is 6.36 Å². The van der Waals surface area contributed by atoms with E-state index >= 15 is 0 Å². The van der Waals surface area contributed by atoms with Gasteiger partial charge < -0.3 is 15.6 Å². The average molecular weight is 269 g/mol. The standard InChI is InChI=1S/C13H10F3NO2/c14-13(15,16)19-9-4-1-3-8(7-9)10-5-2-6-11(17)12(10)18/h1-7,18H,17H2. The number of aromatic hydroxyl groups is 1. The van der Waals surface area contributed by atoms with Crippen LogP contribution in [0.1, 0.15) is 0 Å². The summed E-state index contributed by atoms with van der Waals surface area (Å²) in [4.78, 5) is 0. The maximum absolute atomic E-state index is 12.1. The van der Waals surface area contributed by atoms with E-state index in [0.29, 0.717) is 11.1 Å². The van der Waals surface area contributed by atoms with Gasteiger partial charge in [0, 0.05) is 5.56 Å². The quantitative estimate of drug-likeness (QED) is 0.647. The minimum Gasteiger partial charge on any atom is -0.505 e. The highest BCUT2D eigenvalue weighted by Crippen LogP contribution is 2.35. The van der Waals surface area contributed by atoms with E-state index < -0.39 is 6.36 Å². The van der Waals surface area contributed by atoms with Gasteiger partial charge in [-0.15, -0.1) is 13.2 Å². The lowest BCUT2D eigenvalue weighted by molar-refractivity contribution is -0.274. The summed E-state index contributed by atoms with van der Waals surface area (Å²) >= 11 is 0. The summed E-state index contributed by atoms with van der Waals surface area (Å²) in [5.74, 6) is -0.529. The highest BCUT2D eigenvalue weighted by molar-refractivity contribution is 5.77. The van der Waals surface area contributed by atoms with Crippen molar-refractivity contribution in [3.63, 3.8) is 0 Å². The summed E-state index contributed by atoms with van der Waals surface area (Å²) in [5.41, 5.74) is 6.41. The molecule has 3 N–H and O–H groups in total. The summed E-state index contributed by atoms with van der Waals surface area (Å²) in [7, 11) is 0. The van der Waals surface area contributed by atoms with Crippen molar-refractivity contribution in [3.8, 4) is 22.6 Å². The summed E-state index contributed by atoms with van der Waals surface area (Å²) < 4.78 is 40.2. The number of para-hydroxylation sites is 1. The fourth-order valence-corrected chi connectivity index (χ4v) is 1.66. The third kappa shape index (κ3) is 3.09. The average Bonchev–Trinajstić information content (AvgIpc) is 2.31. The lowest BCUT2D eigenvalue weighted by Gasteiger charge is -2.11. The maximum Gasteiger partial charge on any atom is 0.573 e. The van der Waals surface area contributed by atoms with Gasteiger partial charge in [-0.3, -0.25) is 0 Å². The van der Waals surface area contributed by atoms with Crippen LogP contribution < -0.4 is 10.5 Å². The Labute approximate surface area is 107 Å². The van der Waals surface area contributed by atoms with E-state index in [1.165, 1.54) is 24.3 Å². The monoisotopic (exact) mass is 269 g/mol. The molecule has 0 heterocycles. The predicted molar refractivity (Wildman–Crippen MR) is 64.6 cm³/mol. The second-order valence-corrected chi connectivity index (χ2v) is 3.82. The molecule has 0 aliphatic heterocycles. The smallest absolute Gasteiger partial charge is 0.505 e. The number of ether oxygens (including phenoxy) is 1. The molecule has 0 aromatic heterocycles. The summed E-state index contributed by atoms with van der Waals surface area (Å²) in [6.07, 6.45) is -4.75. The number of hydrogen-bond donors (Lipinski definition) is 2. The van der Waals surface area contributed by atoms with Gasteiger partial charge in [0.1, 0.15) is 11.5 Å². The molecule has 0 spiro atoms. The SMILES string of the molecule is Nc1cccc(-c2cccc(OC(F)(F)F)c2)c1O. The molecule has 0 atom stereocenters. The molecule has 0 aliphatic rings. The number of benzene rings is 2. The number of hydrogen-bond acceptors (Lipinski definition) is 3. The lowest BCUT2D eigenvalue weighted by Crippen LogP contribution is -2.17. The zero-order valence-electron chi connectivity index (χ0n) is 9.61. The van der Waals surface area contributed by atoms with Gasteiger partial charge in [-0.1, -0.05) is 24.3 Å². The van der Waals surface area contributed by atoms with E-state index in [-0.39, 0.29) is 17.2 Å². The van der Waals surface area contributed by atoms with Crippen LogP contribution in [-0.4, -0.2) is 11.5 Å². The molecule has 19 heavy (non-hydrogen) atoms. The van der Waals surface area contributed by atoms with Gasteiger partial charge in [-0.2, -0.15) is 0 Å². The van der Waals surface area contributed by atoms with Crippen LogP contribution in [0.25, 0.3) is 11.1 Å². The van der Waals surface area contributed by atoms with E-state index in [2.05, 4.69) is 4.74 Å². The Morgan fingerprint density at radius 3 is 2.42 bits per heavy atom. The van der Waals surface area contributed by atoms with E-state index in [1.807, 2.05) is 0 Å². The summed E-state index contributed by atoms with van der Waals surface area (Å²) in [5, 5.41) is 9.79. The molecule has 0 amide bonds. The van der Waals surface area contributed by atoms with Crippen LogP contribution in [0.2, 0.25) is 0 Å². The first-order valence-electron chi connectivity index (χ1n) is 5.30. The minimum absolute atomic E-state index is 0.152. The minimum atomic E-state index is -4.75. The number of nitrogens with two attached hydrogens (primary N) is 1. The van der Waals surface area contributed by atoms with Gasteiger partial charge in [-0.25, -0.2) is 0 Å². The van der Waals surface area contributed by atoms with Gasteiger partial charge in [-0.05, 0) is 23.8 Å². The van der Waals surface area contributed by atoms with Crippen molar-refractivity contribution in [3.05, 3.63) is 42.5 Å². The highest BCUT2D eigenvalue weighted by atomic mass is 19.4. The van der Waals surface area contributed by atoms with Gasteiger partial charge in [0.05, 0.1) is 5.69 Å². The van der Waals surface area contributed by atoms with Crippen LogP contribution in [0.15, 0.2) is 42.5 Å². The maximum atomic E-state index is 12.1. The number of halogens is 3. The van der Waals surface area contributed by atoms with Gasteiger partial charge in [0.15, 0.2) is 0 Å². The van der Waals surface area contributed by atoms with E-state index in [1.54, 1.807) is 18.2 Å². The second-order valence-electron chi connectivity index (χ2n) is 3.82. The zero-order chi connectivity index (χ0) is 14.0. The van der Waals surface area contributed by atoms with Crippen LogP contribution >= 0.6 is 0 Å². The molecule has 0 aliphatic carbocycles. The van der Waals surface area contributed by atoms with E-state index in [0.717, 1.165) is 0 Å². The molecule has 0 bridgehead atoms. The molecule has 0 saturated carbocycles. The molecule has 2 aromatic carbocycles. The van der Waals surface area contributed by atoms with Gasteiger partial charge in [0.25, 0.3) is 0 Å². The number of phenolic OH excluding ortho intramolecular Hbond substituents is 1. The van der Waals surface area contributed by atoms with Crippen LogP contribution in [0.3, 0.4) is 0 Å². The zero-order valence-corrected chi connectivity index (χ0v) is 9.61. The third-order valence-electron chi connectivity index (χ3n) is 2.45. The largest absolute Gasteiger partial charge is 0.573 e. The topological polar surface area (TPSA) is 55.5 Å². The Hall–Kier alpha value is -2.37. The molecule has 0 unspecified atom stereocenters. The molecule has 2 rings (SSSR count). The summed E-state index contributed by atoms with van der Waals surface area (Å²) in [6, 6.07) is 9.97. The van der Waals surface area contributed by atoms with E-state index in [9.17, 15) is 18.3 Å². The van der Waals surface area contributed by atoms with Crippen molar-refractivity contribution in [1.82, 2.24) is 0 Å². The first kappa shape index (κ1) is 13.1. The Morgan fingerprint density at radius 1 is 1.05 bits per heavy atom. The number of phenols is 1. The number of rotatable bonds is 2. The first-order valence-corrected chi connectivity index (χ1v) is 5.30. The number of nitrogen functional groups attached to an aromatic ring is 1. The molecule has 100 valence electrons. The van der Waals surface area contributed by atoms with Crippen molar-refractivity contribution in [2.24, 2.45) is 0 Å². The molecule has 2 aromatic rings. The first-order chi connectivity index (χ1) is 8.87. The molecular formula is C13H10F3NO2. The Kier molecular flexibility index (Phi) is 3.25. The molecule has 6 heteroatoms. The molecule has 0 saturated heterocycles. The molecule has 3 nitrogen and oxygen atoms in total. The predicted octanol–water partition coefficient (Wildman–Crippen LogP) is 3.54. The fourth-order valence-electron chi connectivity index (χ4n) is 1.66. The van der Waals surface area contributed by atoms with Gasteiger partial charge in [0.2, 0.25) is 0 Å². The third-order valence-corrected chi connectivity index (χ3v) is 2.45. The van der Waals surface area contributed by atoms with Crippen molar-refractivity contribution >= 4 is 5.69 Å². The van der Waals surface area contributed by atoms with Crippen molar-refractivity contribution < 1.29 is 23.0 Å². The molecule has 0 fully saturated rings. The summed E-state index contributed by atoms with van der Waals surface area (Å²) in [6.45, 7) is 0. The van der Waals surface area contributed by atoms with Crippen LogP contribution in [0.5, 0.6) is 11.5 Å². The molecular weight excluding hydrogens is 259 g/mol.